The largest absolute Gasteiger partial charge is 0.370 e. The van der Waals surface area contributed by atoms with E-state index in [4.69, 9.17) is 28.9 Å². The van der Waals surface area contributed by atoms with Crippen LogP contribution in [0, 0.1) is 0 Å². The molecule has 0 heterocycles. The summed E-state index contributed by atoms with van der Waals surface area (Å²) in [4.78, 5) is 10.5. The number of amides is 1. The topological polar surface area (TPSA) is 43.1 Å². The van der Waals surface area contributed by atoms with Gasteiger partial charge < -0.3 is 5.73 Å². The second-order valence-electron chi connectivity index (χ2n) is 2.71. The molecule has 0 aromatic heterocycles. The maximum Gasteiger partial charge on any atom is 0.217 e. The highest BCUT2D eigenvalue weighted by atomic mass is 35.5. The first kappa shape index (κ1) is 10.4. The predicted molar refractivity (Wildman–Crippen MR) is 54.0 cm³/mol. The molecule has 0 unspecified atom stereocenters. The molecule has 2 nitrogen and oxygen atoms in total. The summed E-state index contributed by atoms with van der Waals surface area (Å²) in [5.41, 5.74) is 5.98. The van der Waals surface area contributed by atoms with Crippen molar-refractivity contribution in [3.8, 4) is 0 Å². The summed E-state index contributed by atoms with van der Waals surface area (Å²) < 4.78 is 0. The van der Waals surface area contributed by atoms with E-state index in [0.717, 1.165) is 5.56 Å². The van der Waals surface area contributed by atoms with Crippen LogP contribution in [0.15, 0.2) is 18.2 Å². The Bertz CT molecular complexity index is 325. The maximum absolute atomic E-state index is 10.5. The van der Waals surface area contributed by atoms with Gasteiger partial charge in [0.05, 0.1) is 10.0 Å². The molecule has 0 bridgehead atoms. The Hall–Kier alpha value is -0.730. The van der Waals surface area contributed by atoms with Gasteiger partial charge in [-0.3, -0.25) is 4.79 Å². The lowest BCUT2D eigenvalue weighted by molar-refractivity contribution is -0.117. The van der Waals surface area contributed by atoms with Crippen LogP contribution in [-0.2, 0) is 11.2 Å². The number of nitrogens with two attached hydrogens (primary N) is 1. The van der Waals surface area contributed by atoms with E-state index in [-0.39, 0.29) is 5.91 Å². The lowest BCUT2D eigenvalue weighted by Gasteiger charge is -2.00. The number of aryl methyl sites for hydroxylation is 1. The maximum atomic E-state index is 10.5. The predicted octanol–water partition coefficient (Wildman–Crippen LogP) is 2.41. The Labute approximate surface area is 86.6 Å². The SMILES string of the molecule is NC(=O)CCc1ccc(Cl)c(Cl)c1. The van der Waals surface area contributed by atoms with Crippen LogP contribution >= 0.6 is 23.2 Å². The monoisotopic (exact) mass is 217 g/mol. The highest BCUT2D eigenvalue weighted by molar-refractivity contribution is 6.42. The molecule has 13 heavy (non-hydrogen) atoms. The van der Waals surface area contributed by atoms with Crippen LogP contribution in [0.1, 0.15) is 12.0 Å². The minimum atomic E-state index is -0.314. The van der Waals surface area contributed by atoms with E-state index in [1.807, 2.05) is 6.07 Å². The van der Waals surface area contributed by atoms with Gasteiger partial charge in [0, 0.05) is 6.42 Å². The van der Waals surface area contributed by atoms with Crippen LogP contribution in [0.5, 0.6) is 0 Å². The van der Waals surface area contributed by atoms with Crippen LogP contribution in [0.4, 0.5) is 0 Å². The second kappa shape index (κ2) is 4.49. The van der Waals surface area contributed by atoms with Crippen molar-refractivity contribution in [3.05, 3.63) is 33.8 Å². The van der Waals surface area contributed by atoms with Crippen molar-refractivity contribution in [2.45, 2.75) is 12.8 Å². The van der Waals surface area contributed by atoms with E-state index in [0.29, 0.717) is 22.9 Å². The molecule has 0 radical (unpaired) electrons. The van der Waals surface area contributed by atoms with Crippen LogP contribution < -0.4 is 5.73 Å². The number of hydrogen-bond donors (Lipinski definition) is 1. The van der Waals surface area contributed by atoms with Crippen molar-refractivity contribution in [2.75, 3.05) is 0 Å². The van der Waals surface area contributed by atoms with Gasteiger partial charge in [-0.1, -0.05) is 29.3 Å². The first-order valence-electron chi connectivity index (χ1n) is 3.82. The molecule has 0 aliphatic carbocycles. The number of primary amides is 1. The molecular formula is C9H9Cl2NO. The minimum absolute atomic E-state index is 0.314. The Morgan fingerprint density at radius 2 is 2.00 bits per heavy atom. The standard InChI is InChI=1S/C9H9Cl2NO/c10-7-3-1-6(5-8(7)11)2-4-9(12)13/h1,3,5H,2,4H2,(H2,12,13). The first-order valence-corrected chi connectivity index (χ1v) is 4.57. The van der Waals surface area contributed by atoms with Gasteiger partial charge in [-0.2, -0.15) is 0 Å². The highest BCUT2D eigenvalue weighted by Gasteiger charge is 2.00. The third kappa shape index (κ3) is 3.25. The molecule has 0 saturated carbocycles. The van der Waals surface area contributed by atoms with Crippen molar-refractivity contribution in [1.29, 1.82) is 0 Å². The molecule has 1 rings (SSSR count). The summed E-state index contributed by atoms with van der Waals surface area (Å²) >= 11 is 11.5. The Morgan fingerprint density at radius 1 is 1.31 bits per heavy atom. The highest BCUT2D eigenvalue weighted by Crippen LogP contribution is 2.22. The van der Waals surface area contributed by atoms with E-state index < -0.39 is 0 Å². The molecule has 1 amide bonds. The lowest BCUT2D eigenvalue weighted by Crippen LogP contribution is -2.11. The van der Waals surface area contributed by atoms with Gasteiger partial charge in [-0.15, -0.1) is 0 Å². The van der Waals surface area contributed by atoms with Gasteiger partial charge in [0.1, 0.15) is 0 Å². The van der Waals surface area contributed by atoms with Crippen molar-refractivity contribution >= 4 is 29.1 Å². The Morgan fingerprint density at radius 3 is 2.54 bits per heavy atom. The molecule has 0 spiro atoms. The zero-order valence-corrected chi connectivity index (χ0v) is 8.40. The number of rotatable bonds is 3. The van der Waals surface area contributed by atoms with E-state index >= 15 is 0 Å². The molecular weight excluding hydrogens is 209 g/mol. The summed E-state index contributed by atoms with van der Waals surface area (Å²) in [5.74, 6) is -0.314. The van der Waals surface area contributed by atoms with Crippen molar-refractivity contribution < 1.29 is 4.79 Å². The molecule has 70 valence electrons. The summed E-state index contributed by atoms with van der Waals surface area (Å²) in [6.45, 7) is 0. The van der Waals surface area contributed by atoms with E-state index in [1.165, 1.54) is 0 Å². The zero-order chi connectivity index (χ0) is 9.84. The summed E-state index contributed by atoms with van der Waals surface area (Å²) in [6.07, 6.45) is 0.935. The summed E-state index contributed by atoms with van der Waals surface area (Å²) in [5, 5.41) is 1.02. The molecule has 0 aliphatic rings. The molecule has 0 fully saturated rings. The van der Waals surface area contributed by atoms with Gasteiger partial charge in [-0.25, -0.2) is 0 Å². The summed E-state index contributed by atoms with van der Waals surface area (Å²) in [7, 11) is 0. The fourth-order valence-electron chi connectivity index (χ4n) is 0.963. The molecule has 1 aromatic carbocycles. The number of carbonyl (C=O) groups is 1. The van der Waals surface area contributed by atoms with Crippen LogP contribution in [0.3, 0.4) is 0 Å². The number of carbonyl (C=O) groups excluding carboxylic acids is 1. The number of halogens is 2. The van der Waals surface area contributed by atoms with Crippen LogP contribution in [-0.4, -0.2) is 5.91 Å². The second-order valence-corrected chi connectivity index (χ2v) is 3.53. The van der Waals surface area contributed by atoms with Gasteiger partial charge >= 0.3 is 0 Å². The third-order valence-corrected chi connectivity index (χ3v) is 2.38. The van der Waals surface area contributed by atoms with Crippen LogP contribution in [0.25, 0.3) is 0 Å². The Balaban J connectivity index is 2.68. The van der Waals surface area contributed by atoms with Gasteiger partial charge in [0.2, 0.25) is 5.91 Å². The van der Waals surface area contributed by atoms with Gasteiger partial charge in [-0.05, 0) is 24.1 Å². The molecule has 2 N–H and O–H groups in total. The van der Waals surface area contributed by atoms with Crippen molar-refractivity contribution in [3.63, 3.8) is 0 Å². The van der Waals surface area contributed by atoms with Crippen molar-refractivity contribution in [1.82, 2.24) is 0 Å². The number of benzene rings is 1. The molecule has 0 atom stereocenters. The first-order chi connectivity index (χ1) is 6.09. The zero-order valence-electron chi connectivity index (χ0n) is 6.89. The molecule has 1 aromatic rings. The minimum Gasteiger partial charge on any atom is -0.370 e. The van der Waals surface area contributed by atoms with Crippen molar-refractivity contribution in [2.24, 2.45) is 5.73 Å². The van der Waals surface area contributed by atoms with E-state index in [2.05, 4.69) is 0 Å². The average molecular weight is 218 g/mol. The fraction of sp³-hybridized carbons (Fsp3) is 0.222. The van der Waals surface area contributed by atoms with Gasteiger partial charge in [0.15, 0.2) is 0 Å². The molecule has 4 heteroatoms. The quantitative estimate of drug-likeness (QED) is 0.831. The van der Waals surface area contributed by atoms with E-state index in [9.17, 15) is 4.79 Å². The van der Waals surface area contributed by atoms with Crippen LogP contribution in [0.2, 0.25) is 10.0 Å². The third-order valence-electron chi connectivity index (χ3n) is 1.64. The normalized spacial score (nSPS) is 10.0. The Kier molecular flexibility index (Phi) is 3.58. The number of hydrogen-bond acceptors (Lipinski definition) is 1. The van der Waals surface area contributed by atoms with E-state index in [1.54, 1.807) is 12.1 Å². The molecule has 0 saturated heterocycles. The molecule has 0 aliphatic heterocycles. The summed E-state index contributed by atoms with van der Waals surface area (Å²) in [6, 6.07) is 5.28. The average Bonchev–Trinajstić information content (AvgIpc) is 2.07. The smallest absolute Gasteiger partial charge is 0.217 e. The lowest BCUT2D eigenvalue weighted by atomic mass is 10.1. The van der Waals surface area contributed by atoms with Gasteiger partial charge in [0.25, 0.3) is 0 Å². The fourth-order valence-corrected chi connectivity index (χ4v) is 1.28.